The quantitative estimate of drug-likeness (QED) is 0.595. The van der Waals surface area contributed by atoms with Crippen LogP contribution in [0.5, 0.6) is 0 Å². The van der Waals surface area contributed by atoms with Crippen LogP contribution in [0.15, 0.2) is 23.3 Å². The Morgan fingerprint density at radius 1 is 1.30 bits per heavy atom. The molecule has 1 heterocycles. The Kier molecular flexibility index (Phi) is 5.23. The second kappa shape index (κ2) is 6.81. The van der Waals surface area contributed by atoms with E-state index in [-0.39, 0.29) is 17.4 Å². The minimum absolute atomic E-state index is 0.0113. The van der Waals surface area contributed by atoms with E-state index < -0.39 is 21.2 Å². The van der Waals surface area contributed by atoms with Gasteiger partial charge < -0.3 is 15.7 Å². The van der Waals surface area contributed by atoms with Crippen LogP contribution in [0.4, 0.5) is 0 Å². The number of carboxylic acids is 1. The topological polar surface area (TPSA) is 144 Å². The number of likely N-dealkylation sites (tertiary alicyclic amines) is 1. The summed E-state index contributed by atoms with van der Waals surface area (Å²) in [6.07, 6.45) is 4.33. The molecule has 2 rings (SSSR count). The Balaban J connectivity index is 2.16. The van der Waals surface area contributed by atoms with Gasteiger partial charge in [0.05, 0.1) is 5.57 Å². The number of nitrogens with two attached hydrogens (primary N) is 2. The summed E-state index contributed by atoms with van der Waals surface area (Å²) in [6.45, 7) is 1.31. The fraction of sp³-hybridized carbons (Fsp3) is 0.571. The van der Waals surface area contributed by atoms with Crippen molar-refractivity contribution in [2.24, 2.45) is 16.8 Å². The number of hydrogen-bond donors (Lipinski definition) is 3. The minimum Gasteiger partial charge on any atom is -0.478 e. The maximum atomic E-state index is 11.8. The summed E-state index contributed by atoms with van der Waals surface area (Å²) < 4.78 is 23.1. The molecule has 1 fully saturated rings. The molecule has 9 heteroatoms. The van der Waals surface area contributed by atoms with E-state index in [9.17, 15) is 23.1 Å². The van der Waals surface area contributed by atoms with Gasteiger partial charge in [0.15, 0.2) is 0 Å². The zero-order valence-corrected chi connectivity index (χ0v) is 13.5. The maximum absolute atomic E-state index is 11.8. The normalized spacial score (nSPS) is 22.7. The molecule has 1 saturated heterocycles. The minimum atomic E-state index is -4.00. The summed E-state index contributed by atoms with van der Waals surface area (Å²) in [5.41, 5.74) is 5.71. The van der Waals surface area contributed by atoms with E-state index in [1.165, 1.54) is 6.08 Å². The predicted octanol–water partition coefficient (Wildman–Crippen LogP) is -0.818. The Bertz CT molecular complexity index is 660. The maximum Gasteiger partial charge on any atom is 0.333 e. The Labute approximate surface area is 134 Å². The number of carbonyl (C=O) groups is 2. The van der Waals surface area contributed by atoms with E-state index in [0.717, 1.165) is 0 Å². The molecule has 0 spiro atoms. The number of allylic oxidation sites excluding steroid dienone is 2. The standard InChI is InChI=1S/C14H21N3O5S/c15-6-3-12(18)17-7-4-9(5-8-17)10-1-2-11(23(16,21)22)13(10)14(19)20/h1-2,9,11H,3-8,15H2,(H,19,20)(H2,16,21,22). The van der Waals surface area contributed by atoms with Crippen LogP contribution in [0, 0.1) is 5.92 Å². The predicted molar refractivity (Wildman–Crippen MR) is 83.7 cm³/mol. The Morgan fingerprint density at radius 3 is 2.39 bits per heavy atom. The number of primary sulfonamides is 1. The lowest BCUT2D eigenvalue weighted by Crippen LogP contribution is -2.39. The van der Waals surface area contributed by atoms with E-state index in [1.54, 1.807) is 11.0 Å². The van der Waals surface area contributed by atoms with Crippen molar-refractivity contribution in [2.75, 3.05) is 19.6 Å². The summed E-state index contributed by atoms with van der Waals surface area (Å²) in [7, 11) is -4.00. The van der Waals surface area contributed by atoms with Gasteiger partial charge in [0, 0.05) is 26.1 Å². The molecule has 0 radical (unpaired) electrons. The molecule has 0 aromatic heterocycles. The first-order valence-corrected chi connectivity index (χ1v) is 9.01. The van der Waals surface area contributed by atoms with E-state index in [4.69, 9.17) is 10.9 Å². The molecule has 5 N–H and O–H groups in total. The van der Waals surface area contributed by atoms with Crippen LogP contribution >= 0.6 is 0 Å². The number of rotatable bonds is 5. The molecule has 128 valence electrons. The van der Waals surface area contributed by atoms with Crippen LogP contribution in [0.3, 0.4) is 0 Å². The van der Waals surface area contributed by atoms with Gasteiger partial charge >= 0.3 is 5.97 Å². The average molecular weight is 343 g/mol. The first kappa shape index (κ1) is 17.6. The van der Waals surface area contributed by atoms with Crippen molar-refractivity contribution in [3.05, 3.63) is 23.3 Å². The van der Waals surface area contributed by atoms with Crippen molar-refractivity contribution in [3.63, 3.8) is 0 Å². The van der Waals surface area contributed by atoms with Gasteiger partial charge in [-0.1, -0.05) is 12.2 Å². The number of amides is 1. The second-order valence-corrected chi connectivity index (χ2v) is 7.42. The van der Waals surface area contributed by atoms with Crippen molar-refractivity contribution >= 4 is 21.9 Å². The number of piperidine rings is 1. The molecule has 1 unspecified atom stereocenters. The van der Waals surface area contributed by atoms with Crippen LogP contribution in [0.25, 0.3) is 0 Å². The fourth-order valence-electron chi connectivity index (χ4n) is 3.14. The van der Waals surface area contributed by atoms with E-state index in [2.05, 4.69) is 0 Å². The number of sulfonamides is 1. The lowest BCUT2D eigenvalue weighted by Gasteiger charge is -2.32. The average Bonchev–Trinajstić information content (AvgIpc) is 2.93. The van der Waals surface area contributed by atoms with E-state index in [0.29, 0.717) is 44.5 Å². The number of nitrogens with zero attached hydrogens (tertiary/aromatic N) is 1. The van der Waals surface area contributed by atoms with E-state index in [1.807, 2.05) is 0 Å². The highest BCUT2D eigenvalue weighted by Gasteiger charge is 2.37. The van der Waals surface area contributed by atoms with Gasteiger partial charge in [0.1, 0.15) is 5.25 Å². The third kappa shape index (κ3) is 3.80. The molecule has 1 aliphatic carbocycles. The van der Waals surface area contributed by atoms with Crippen LogP contribution in [0.1, 0.15) is 19.3 Å². The zero-order valence-electron chi connectivity index (χ0n) is 12.6. The highest BCUT2D eigenvalue weighted by atomic mass is 32.2. The summed E-state index contributed by atoms with van der Waals surface area (Å²) in [6, 6.07) is 0. The van der Waals surface area contributed by atoms with E-state index >= 15 is 0 Å². The lowest BCUT2D eigenvalue weighted by molar-refractivity contribution is -0.133. The van der Waals surface area contributed by atoms with Gasteiger partial charge in [0.2, 0.25) is 15.9 Å². The highest BCUT2D eigenvalue weighted by molar-refractivity contribution is 7.90. The van der Waals surface area contributed by atoms with Crippen LogP contribution < -0.4 is 10.9 Å². The molecular formula is C14H21N3O5S. The lowest BCUT2D eigenvalue weighted by atomic mass is 9.87. The van der Waals surface area contributed by atoms with Crippen molar-refractivity contribution in [2.45, 2.75) is 24.5 Å². The zero-order chi connectivity index (χ0) is 17.2. The molecule has 1 atom stereocenters. The van der Waals surface area contributed by atoms with Crippen LogP contribution in [-0.4, -0.2) is 55.2 Å². The molecule has 1 amide bonds. The summed E-state index contributed by atoms with van der Waals surface area (Å²) in [5.74, 6) is -1.38. The largest absolute Gasteiger partial charge is 0.478 e. The third-order valence-corrected chi connectivity index (χ3v) is 5.38. The SMILES string of the molecule is NCCC(=O)N1CCC(C2=C(C(=O)O)C(S(N)(=O)=O)C=C2)CC1. The van der Waals surface area contributed by atoms with Crippen molar-refractivity contribution in [3.8, 4) is 0 Å². The van der Waals surface area contributed by atoms with Gasteiger partial charge in [-0.3, -0.25) is 4.79 Å². The molecule has 1 aliphatic heterocycles. The molecule has 8 nitrogen and oxygen atoms in total. The Morgan fingerprint density at radius 2 is 1.91 bits per heavy atom. The van der Waals surface area contributed by atoms with Crippen molar-refractivity contribution in [1.29, 1.82) is 0 Å². The van der Waals surface area contributed by atoms with Crippen LogP contribution in [-0.2, 0) is 19.6 Å². The number of hydrogen-bond acceptors (Lipinski definition) is 5. The molecule has 0 bridgehead atoms. The molecule has 0 aromatic rings. The summed E-state index contributed by atoms with van der Waals surface area (Å²) >= 11 is 0. The summed E-state index contributed by atoms with van der Waals surface area (Å²) in [4.78, 5) is 25.0. The van der Waals surface area contributed by atoms with Crippen molar-refractivity contribution in [1.82, 2.24) is 4.90 Å². The van der Waals surface area contributed by atoms with Gasteiger partial charge in [-0.2, -0.15) is 0 Å². The third-order valence-electron chi connectivity index (χ3n) is 4.28. The van der Waals surface area contributed by atoms with Crippen molar-refractivity contribution < 1.29 is 23.1 Å². The number of aliphatic carboxylic acids is 1. The molecule has 2 aliphatic rings. The van der Waals surface area contributed by atoms with Gasteiger partial charge in [-0.25, -0.2) is 18.4 Å². The highest BCUT2D eigenvalue weighted by Crippen LogP contribution is 2.34. The van der Waals surface area contributed by atoms with Crippen LogP contribution in [0.2, 0.25) is 0 Å². The summed E-state index contributed by atoms with van der Waals surface area (Å²) in [5, 5.41) is 13.2. The first-order valence-electron chi connectivity index (χ1n) is 7.40. The van der Waals surface area contributed by atoms with Gasteiger partial charge in [-0.05, 0) is 24.3 Å². The monoisotopic (exact) mass is 343 g/mol. The number of carboxylic acid groups (broad SMARTS) is 1. The molecule has 23 heavy (non-hydrogen) atoms. The second-order valence-electron chi connectivity index (χ2n) is 5.74. The number of carbonyl (C=O) groups excluding carboxylic acids is 1. The van der Waals surface area contributed by atoms with Gasteiger partial charge in [0.25, 0.3) is 0 Å². The smallest absolute Gasteiger partial charge is 0.333 e. The fourth-order valence-corrected chi connectivity index (χ4v) is 4.00. The van der Waals surface area contributed by atoms with Gasteiger partial charge in [-0.15, -0.1) is 0 Å². The first-order chi connectivity index (χ1) is 10.8. The molecular weight excluding hydrogens is 322 g/mol. The molecule has 0 saturated carbocycles. The Hall–Kier alpha value is -1.71. The molecule has 0 aromatic carbocycles.